The van der Waals surface area contributed by atoms with Crippen LogP contribution in [0.3, 0.4) is 0 Å². The standard InChI is InChI=1S/C16H23NO/c1-16(10-12-17-13-11-16)15(18)9-5-8-14-6-3-2-4-7-14/h2-4,6-7,17H,5,8-13H2,1H3. The number of benzene rings is 1. The summed E-state index contributed by atoms with van der Waals surface area (Å²) in [5.74, 6) is 0.458. The van der Waals surface area contributed by atoms with Crippen molar-refractivity contribution in [3.8, 4) is 0 Å². The van der Waals surface area contributed by atoms with Gasteiger partial charge in [-0.15, -0.1) is 0 Å². The summed E-state index contributed by atoms with van der Waals surface area (Å²) in [6, 6.07) is 10.4. The Morgan fingerprint density at radius 2 is 1.89 bits per heavy atom. The first-order chi connectivity index (χ1) is 8.71. The maximum Gasteiger partial charge on any atom is 0.138 e. The molecule has 1 heterocycles. The lowest BCUT2D eigenvalue weighted by molar-refractivity contribution is -0.129. The molecule has 2 rings (SSSR count). The van der Waals surface area contributed by atoms with Gasteiger partial charge >= 0.3 is 0 Å². The quantitative estimate of drug-likeness (QED) is 0.864. The second kappa shape index (κ2) is 6.14. The lowest BCUT2D eigenvalue weighted by atomic mass is 9.75. The molecule has 18 heavy (non-hydrogen) atoms. The molecule has 1 aliphatic rings. The highest BCUT2D eigenvalue weighted by Gasteiger charge is 2.33. The van der Waals surface area contributed by atoms with E-state index in [1.54, 1.807) is 0 Å². The molecule has 1 saturated heterocycles. The van der Waals surface area contributed by atoms with Crippen LogP contribution in [0.1, 0.15) is 38.2 Å². The molecule has 0 bridgehead atoms. The molecule has 1 fully saturated rings. The number of carbonyl (C=O) groups excluding carboxylic acids is 1. The normalized spacial score (nSPS) is 18.5. The molecule has 2 nitrogen and oxygen atoms in total. The summed E-state index contributed by atoms with van der Waals surface area (Å²) in [6.45, 7) is 4.11. The molecular formula is C16H23NO. The van der Waals surface area contributed by atoms with E-state index in [-0.39, 0.29) is 5.41 Å². The average molecular weight is 245 g/mol. The van der Waals surface area contributed by atoms with Gasteiger partial charge in [0.25, 0.3) is 0 Å². The Kier molecular flexibility index (Phi) is 4.54. The van der Waals surface area contributed by atoms with E-state index >= 15 is 0 Å². The number of carbonyl (C=O) groups is 1. The minimum atomic E-state index is -0.0675. The molecule has 0 atom stereocenters. The van der Waals surface area contributed by atoms with Gasteiger partial charge in [-0.3, -0.25) is 4.79 Å². The first-order valence-electron chi connectivity index (χ1n) is 6.99. The number of ketones is 1. The van der Waals surface area contributed by atoms with Crippen molar-refractivity contribution in [1.82, 2.24) is 5.32 Å². The van der Waals surface area contributed by atoms with Gasteiger partial charge in [-0.2, -0.15) is 0 Å². The van der Waals surface area contributed by atoms with E-state index in [1.807, 2.05) is 6.07 Å². The minimum Gasteiger partial charge on any atom is -0.317 e. The van der Waals surface area contributed by atoms with E-state index < -0.39 is 0 Å². The average Bonchev–Trinajstić information content (AvgIpc) is 2.41. The Labute approximate surface area is 110 Å². The topological polar surface area (TPSA) is 29.1 Å². The number of hydrogen-bond donors (Lipinski definition) is 1. The highest BCUT2D eigenvalue weighted by atomic mass is 16.1. The van der Waals surface area contributed by atoms with E-state index in [2.05, 4.69) is 36.5 Å². The first kappa shape index (κ1) is 13.3. The summed E-state index contributed by atoms with van der Waals surface area (Å²) in [5.41, 5.74) is 1.27. The molecule has 0 radical (unpaired) electrons. The molecule has 0 amide bonds. The third kappa shape index (κ3) is 3.42. The van der Waals surface area contributed by atoms with Crippen molar-refractivity contribution >= 4 is 5.78 Å². The van der Waals surface area contributed by atoms with Crippen LogP contribution >= 0.6 is 0 Å². The molecule has 0 spiro atoms. The van der Waals surface area contributed by atoms with Gasteiger partial charge in [-0.25, -0.2) is 0 Å². The fraction of sp³-hybridized carbons (Fsp3) is 0.562. The fourth-order valence-electron chi connectivity index (χ4n) is 2.66. The first-order valence-corrected chi connectivity index (χ1v) is 6.99. The van der Waals surface area contributed by atoms with Gasteiger partial charge in [-0.05, 0) is 44.3 Å². The number of rotatable bonds is 5. The Morgan fingerprint density at radius 3 is 2.56 bits per heavy atom. The number of aryl methyl sites for hydroxylation is 1. The Hall–Kier alpha value is -1.15. The second-order valence-corrected chi connectivity index (χ2v) is 5.57. The van der Waals surface area contributed by atoms with Crippen LogP contribution in [0.15, 0.2) is 30.3 Å². The van der Waals surface area contributed by atoms with Crippen LogP contribution in [0.25, 0.3) is 0 Å². The van der Waals surface area contributed by atoms with Crippen molar-refractivity contribution in [1.29, 1.82) is 0 Å². The SMILES string of the molecule is CC1(C(=O)CCCc2ccccc2)CCNCC1. The summed E-state index contributed by atoms with van der Waals surface area (Å²) < 4.78 is 0. The van der Waals surface area contributed by atoms with Crippen LogP contribution in [0, 0.1) is 5.41 Å². The Bertz CT molecular complexity index is 379. The predicted molar refractivity (Wildman–Crippen MR) is 74.6 cm³/mol. The number of Topliss-reactive ketones (excluding diaryl/α,β-unsaturated/α-hetero) is 1. The van der Waals surface area contributed by atoms with Crippen LogP contribution in [0.4, 0.5) is 0 Å². The summed E-state index contributed by atoms with van der Waals surface area (Å²) in [6.07, 6.45) is 4.71. The van der Waals surface area contributed by atoms with Gasteiger partial charge in [0.05, 0.1) is 0 Å². The minimum absolute atomic E-state index is 0.0675. The Morgan fingerprint density at radius 1 is 1.22 bits per heavy atom. The molecule has 1 aliphatic heterocycles. The van der Waals surface area contributed by atoms with Gasteiger partial charge in [0.1, 0.15) is 5.78 Å². The molecule has 1 N–H and O–H groups in total. The van der Waals surface area contributed by atoms with Crippen molar-refractivity contribution in [2.24, 2.45) is 5.41 Å². The smallest absolute Gasteiger partial charge is 0.138 e. The molecule has 0 unspecified atom stereocenters. The van der Waals surface area contributed by atoms with Crippen LogP contribution in [0.2, 0.25) is 0 Å². The zero-order valence-electron chi connectivity index (χ0n) is 11.2. The molecule has 2 heteroatoms. The molecule has 0 saturated carbocycles. The molecule has 1 aromatic carbocycles. The molecular weight excluding hydrogens is 222 g/mol. The van der Waals surface area contributed by atoms with Gasteiger partial charge in [-0.1, -0.05) is 37.3 Å². The highest BCUT2D eigenvalue weighted by molar-refractivity contribution is 5.84. The summed E-state index contributed by atoms with van der Waals surface area (Å²) in [7, 11) is 0. The molecule has 0 aliphatic carbocycles. The van der Waals surface area contributed by atoms with Crippen LogP contribution in [-0.2, 0) is 11.2 Å². The van der Waals surface area contributed by atoms with Crippen molar-refractivity contribution in [2.75, 3.05) is 13.1 Å². The van der Waals surface area contributed by atoms with E-state index in [1.165, 1.54) is 5.56 Å². The fourth-order valence-corrected chi connectivity index (χ4v) is 2.66. The van der Waals surface area contributed by atoms with E-state index in [0.29, 0.717) is 5.78 Å². The lowest BCUT2D eigenvalue weighted by Gasteiger charge is -2.32. The zero-order chi connectivity index (χ0) is 12.8. The van der Waals surface area contributed by atoms with Crippen molar-refractivity contribution < 1.29 is 4.79 Å². The van der Waals surface area contributed by atoms with Crippen LogP contribution in [-0.4, -0.2) is 18.9 Å². The summed E-state index contributed by atoms with van der Waals surface area (Å²) in [5, 5.41) is 3.32. The van der Waals surface area contributed by atoms with Crippen LogP contribution < -0.4 is 5.32 Å². The van der Waals surface area contributed by atoms with Crippen molar-refractivity contribution in [2.45, 2.75) is 39.0 Å². The third-order valence-electron chi connectivity index (χ3n) is 4.09. The maximum atomic E-state index is 12.3. The van der Waals surface area contributed by atoms with E-state index in [0.717, 1.165) is 45.2 Å². The Balaban J connectivity index is 1.78. The maximum absolute atomic E-state index is 12.3. The van der Waals surface area contributed by atoms with Gasteiger partial charge in [0.15, 0.2) is 0 Å². The largest absolute Gasteiger partial charge is 0.317 e. The molecule has 98 valence electrons. The van der Waals surface area contributed by atoms with Gasteiger partial charge in [0, 0.05) is 11.8 Å². The van der Waals surface area contributed by atoms with E-state index in [9.17, 15) is 4.79 Å². The molecule has 1 aromatic rings. The summed E-state index contributed by atoms with van der Waals surface area (Å²) in [4.78, 5) is 12.3. The monoisotopic (exact) mass is 245 g/mol. The van der Waals surface area contributed by atoms with Crippen LogP contribution in [0.5, 0.6) is 0 Å². The summed E-state index contributed by atoms with van der Waals surface area (Å²) >= 11 is 0. The predicted octanol–water partition coefficient (Wildman–Crippen LogP) is 2.97. The molecule has 0 aromatic heterocycles. The van der Waals surface area contributed by atoms with Gasteiger partial charge < -0.3 is 5.32 Å². The zero-order valence-corrected chi connectivity index (χ0v) is 11.2. The van der Waals surface area contributed by atoms with Gasteiger partial charge in [0.2, 0.25) is 0 Å². The lowest BCUT2D eigenvalue weighted by Crippen LogP contribution is -2.40. The second-order valence-electron chi connectivity index (χ2n) is 5.57. The third-order valence-corrected chi connectivity index (χ3v) is 4.09. The van der Waals surface area contributed by atoms with E-state index in [4.69, 9.17) is 0 Å². The van der Waals surface area contributed by atoms with Crippen molar-refractivity contribution in [3.05, 3.63) is 35.9 Å². The van der Waals surface area contributed by atoms with Crippen molar-refractivity contribution in [3.63, 3.8) is 0 Å². The number of nitrogens with one attached hydrogen (secondary N) is 1. The highest BCUT2D eigenvalue weighted by Crippen LogP contribution is 2.30. The number of piperidine rings is 1. The number of hydrogen-bond acceptors (Lipinski definition) is 2.